The van der Waals surface area contributed by atoms with E-state index in [0.717, 1.165) is 11.8 Å². The summed E-state index contributed by atoms with van der Waals surface area (Å²) < 4.78 is 0. The molecule has 14 heavy (non-hydrogen) atoms. The van der Waals surface area contributed by atoms with Crippen molar-refractivity contribution in [2.45, 2.75) is 31.2 Å². The molecule has 2 heterocycles. The van der Waals surface area contributed by atoms with Gasteiger partial charge in [0.15, 0.2) is 0 Å². The molecule has 0 amide bonds. The Morgan fingerprint density at radius 1 is 1.50 bits per heavy atom. The molecule has 76 valence electrons. The summed E-state index contributed by atoms with van der Waals surface area (Å²) in [6.45, 7) is 3.28. The largest absolute Gasteiger partial charge is 0.309 e. The zero-order chi connectivity index (χ0) is 9.80. The van der Waals surface area contributed by atoms with Gasteiger partial charge < -0.3 is 5.32 Å². The van der Waals surface area contributed by atoms with Crippen LogP contribution in [0.1, 0.15) is 18.9 Å². The quantitative estimate of drug-likeness (QED) is 0.823. The minimum atomic E-state index is 0.688. The second-order valence-electron chi connectivity index (χ2n) is 3.71. The Morgan fingerprint density at radius 2 is 2.29 bits per heavy atom. The maximum atomic E-state index is 4.01. The summed E-state index contributed by atoms with van der Waals surface area (Å²) in [7, 11) is 0. The van der Waals surface area contributed by atoms with Crippen LogP contribution in [0.3, 0.4) is 0 Å². The molecule has 2 unspecified atom stereocenters. The van der Waals surface area contributed by atoms with Crippen molar-refractivity contribution < 1.29 is 0 Å². The van der Waals surface area contributed by atoms with E-state index in [1.807, 2.05) is 12.4 Å². The molecule has 0 saturated carbocycles. The van der Waals surface area contributed by atoms with Crippen molar-refractivity contribution in [2.75, 3.05) is 5.75 Å². The van der Waals surface area contributed by atoms with Crippen LogP contribution in [0.5, 0.6) is 0 Å². The van der Waals surface area contributed by atoms with E-state index in [1.165, 1.54) is 17.7 Å². The minimum Gasteiger partial charge on any atom is -0.309 e. The van der Waals surface area contributed by atoms with E-state index in [9.17, 15) is 0 Å². The summed E-state index contributed by atoms with van der Waals surface area (Å²) in [6.07, 6.45) is 5.00. The SMILES string of the molecule is CC1SCCC1NCc1ccncc1. The molecule has 0 spiro atoms. The third kappa shape index (κ3) is 2.49. The predicted octanol–water partition coefficient (Wildman–Crippen LogP) is 2.07. The maximum Gasteiger partial charge on any atom is 0.0271 e. The fourth-order valence-electron chi connectivity index (χ4n) is 1.75. The van der Waals surface area contributed by atoms with E-state index in [2.05, 4.69) is 41.1 Å². The highest BCUT2D eigenvalue weighted by molar-refractivity contribution is 8.00. The lowest BCUT2D eigenvalue weighted by Crippen LogP contribution is -2.32. The van der Waals surface area contributed by atoms with Crippen molar-refractivity contribution in [3.63, 3.8) is 0 Å². The summed E-state index contributed by atoms with van der Waals surface area (Å²) in [5.41, 5.74) is 1.32. The predicted molar refractivity (Wildman–Crippen MR) is 61.4 cm³/mol. The van der Waals surface area contributed by atoms with Gasteiger partial charge in [0.25, 0.3) is 0 Å². The molecule has 2 rings (SSSR count). The van der Waals surface area contributed by atoms with Crippen molar-refractivity contribution >= 4 is 11.8 Å². The Hall–Kier alpha value is -0.540. The number of rotatable bonds is 3. The first kappa shape index (κ1) is 9.99. The van der Waals surface area contributed by atoms with E-state index in [0.29, 0.717) is 6.04 Å². The highest BCUT2D eigenvalue weighted by atomic mass is 32.2. The molecular formula is C11H16N2S. The highest BCUT2D eigenvalue weighted by Gasteiger charge is 2.22. The van der Waals surface area contributed by atoms with Gasteiger partial charge in [-0.15, -0.1) is 0 Å². The molecule has 1 aromatic heterocycles. The van der Waals surface area contributed by atoms with Crippen molar-refractivity contribution in [3.8, 4) is 0 Å². The Labute approximate surface area is 89.5 Å². The topological polar surface area (TPSA) is 24.9 Å². The fraction of sp³-hybridized carbons (Fsp3) is 0.545. The van der Waals surface area contributed by atoms with Gasteiger partial charge in [0.1, 0.15) is 0 Å². The number of aromatic nitrogens is 1. The summed E-state index contributed by atoms with van der Waals surface area (Å²) in [4.78, 5) is 4.01. The molecule has 0 radical (unpaired) electrons. The monoisotopic (exact) mass is 208 g/mol. The lowest BCUT2D eigenvalue weighted by Gasteiger charge is -2.16. The standard InChI is InChI=1S/C11H16N2S/c1-9-11(4-7-14-9)13-8-10-2-5-12-6-3-10/h2-3,5-6,9,11,13H,4,7-8H2,1H3. The Bertz CT molecular complexity index is 276. The molecule has 2 atom stereocenters. The molecule has 1 fully saturated rings. The summed E-state index contributed by atoms with van der Waals surface area (Å²) in [5, 5.41) is 4.36. The Kier molecular flexibility index (Phi) is 3.43. The van der Waals surface area contributed by atoms with E-state index >= 15 is 0 Å². The van der Waals surface area contributed by atoms with E-state index in [1.54, 1.807) is 0 Å². The average molecular weight is 208 g/mol. The van der Waals surface area contributed by atoms with Gasteiger partial charge in [-0.25, -0.2) is 0 Å². The van der Waals surface area contributed by atoms with Crippen LogP contribution in [0.4, 0.5) is 0 Å². The summed E-state index contributed by atoms with van der Waals surface area (Å²) >= 11 is 2.07. The van der Waals surface area contributed by atoms with Crippen molar-refractivity contribution in [3.05, 3.63) is 30.1 Å². The number of pyridine rings is 1. The van der Waals surface area contributed by atoms with Gasteiger partial charge in [-0.1, -0.05) is 6.92 Å². The molecule has 1 aliphatic rings. The first-order chi connectivity index (χ1) is 6.86. The van der Waals surface area contributed by atoms with E-state index in [4.69, 9.17) is 0 Å². The second kappa shape index (κ2) is 4.80. The number of hydrogen-bond acceptors (Lipinski definition) is 3. The smallest absolute Gasteiger partial charge is 0.0271 e. The molecule has 1 aliphatic heterocycles. The average Bonchev–Trinajstić information content (AvgIpc) is 2.63. The van der Waals surface area contributed by atoms with Crippen LogP contribution in [-0.4, -0.2) is 22.0 Å². The van der Waals surface area contributed by atoms with Gasteiger partial charge in [0.05, 0.1) is 0 Å². The summed E-state index contributed by atoms with van der Waals surface area (Å²) in [5.74, 6) is 1.30. The summed E-state index contributed by atoms with van der Waals surface area (Å²) in [6, 6.07) is 4.83. The minimum absolute atomic E-state index is 0.688. The molecule has 1 N–H and O–H groups in total. The van der Waals surface area contributed by atoms with Crippen LogP contribution in [0.2, 0.25) is 0 Å². The van der Waals surface area contributed by atoms with Crippen LogP contribution in [0, 0.1) is 0 Å². The third-order valence-electron chi connectivity index (χ3n) is 2.69. The van der Waals surface area contributed by atoms with Gasteiger partial charge in [-0.2, -0.15) is 11.8 Å². The van der Waals surface area contributed by atoms with E-state index < -0.39 is 0 Å². The van der Waals surface area contributed by atoms with Gasteiger partial charge >= 0.3 is 0 Å². The first-order valence-corrected chi connectivity index (χ1v) is 6.15. The first-order valence-electron chi connectivity index (χ1n) is 5.10. The second-order valence-corrected chi connectivity index (χ2v) is 5.19. The fourth-order valence-corrected chi connectivity index (χ4v) is 2.98. The van der Waals surface area contributed by atoms with Gasteiger partial charge in [0.2, 0.25) is 0 Å². The molecule has 2 nitrogen and oxygen atoms in total. The normalized spacial score (nSPS) is 26.6. The maximum absolute atomic E-state index is 4.01. The Balaban J connectivity index is 1.82. The van der Waals surface area contributed by atoms with E-state index in [-0.39, 0.29) is 0 Å². The lowest BCUT2D eigenvalue weighted by molar-refractivity contribution is 0.513. The van der Waals surface area contributed by atoms with Gasteiger partial charge in [-0.05, 0) is 29.9 Å². The third-order valence-corrected chi connectivity index (χ3v) is 4.02. The van der Waals surface area contributed by atoms with Crippen LogP contribution >= 0.6 is 11.8 Å². The van der Waals surface area contributed by atoms with Crippen LogP contribution in [-0.2, 0) is 6.54 Å². The van der Waals surface area contributed by atoms with Crippen LogP contribution in [0.15, 0.2) is 24.5 Å². The molecule has 0 aliphatic carbocycles. The highest BCUT2D eigenvalue weighted by Crippen LogP contribution is 2.26. The number of hydrogen-bond donors (Lipinski definition) is 1. The molecule has 1 saturated heterocycles. The molecule has 1 aromatic rings. The van der Waals surface area contributed by atoms with Gasteiger partial charge in [0, 0.05) is 30.2 Å². The zero-order valence-corrected chi connectivity index (χ0v) is 9.26. The zero-order valence-electron chi connectivity index (χ0n) is 8.44. The van der Waals surface area contributed by atoms with Crippen molar-refractivity contribution in [2.24, 2.45) is 0 Å². The van der Waals surface area contributed by atoms with Crippen LogP contribution in [0.25, 0.3) is 0 Å². The molecular weight excluding hydrogens is 192 g/mol. The molecule has 0 aromatic carbocycles. The molecule has 0 bridgehead atoms. The van der Waals surface area contributed by atoms with Crippen molar-refractivity contribution in [1.29, 1.82) is 0 Å². The van der Waals surface area contributed by atoms with Crippen LogP contribution < -0.4 is 5.32 Å². The number of nitrogens with zero attached hydrogens (tertiary/aromatic N) is 1. The Morgan fingerprint density at radius 3 is 2.93 bits per heavy atom. The van der Waals surface area contributed by atoms with Crippen molar-refractivity contribution in [1.82, 2.24) is 10.3 Å². The number of nitrogens with one attached hydrogen (secondary N) is 1. The van der Waals surface area contributed by atoms with Gasteiger partial charge in [-0.3, -0.25) is 4.98 Å². The lowest BCUT2D eigenvalue weighted by atomic mass is 10.1. The number of thioether (sulfide) groups is 1. The molecule has 3 heteroatoms.